The number of fused-ring (bicyclic) bond motifs is 1. The second-order valence-electron chi connectivity index (χ2n) is 5.44. The van der Waals surface area contributed by atoms with Crippen molar-refractivity contribution in [3.05, 3.63) is 54.1 Å². The van der Waals surface area contributed by atoms with Gasteiger partial charge in [-0.25, -0.2) is 8.42 Å². The molecule has 0 aliphatic heterocycles. The molecular weight excluding hydrogens is 344 g/mol. The van der Waals surface area contributed by atoms with E-state index in [0.717, 1.165) is 11.5 Å². The molecule has 0 atom stereocenters. The molecule has 0 aliphatic carbocycles. The van der Waals surface area contributed by atoms with Crippen molar-refractivity contribution in [3.8, 4) is 11.5 Å². The predicted molar refractivity (Wildman–Crippen MR) is 90.6 cm³/mol. The van der Waals surface area contributed by atoms with E-state index in [-0.39, 0.29) is 17.1 Å². The van der Waals surface area contributed by atoms with E-state index in [4.69, 9.17) is 0 Å². The van der Waals surface area contributed by atoms with Crippen LogP contribution in [0.5, 0.6) is 11.5 Å². The lowest BCUT2D eigenvalue weighted by atomic mass is 10.1. The fourth-order valence-corrected chi connectivity index (χ4v) is 3.12. The number of hydrogen-bond donors (Lipinski definition) is 2. The van der Waals surface area contributed by atoms with E-state index in [9.17, 15) is 23.2 Å². The molecule has 2 N–H and O–H groups in total. The van der Waals surface area contributed by atoms with Crippen molar-refractivity contribution < 1.29 is 23.2 Å². The van der Waals surface area contributed by atoms with E-state index < -0.39 is 20.8 Å². The zero-order chi connectivity index (χ0) is 18.2. The Hall–Kier alpha value is -2.97. The molecule has 0 amide bonds. The SMILES string of the molecule is Cc1cc(N=Nc2c(O)ccc3ccccc23)c(O)c(S(=O)(=O)[O-])c1. The van der Waals surface area contributed by atoms with Crippen LogP contribution in [0.4, 0.5) is 11.4 Å². The number of azo groups is 1. The maximum absolute atomic E-state index is 11.2. The maximum atomic E-state index is 11.2. The summed E-state index contributed by atoms with van der Waals surface area (Å²) in [6, 6.07) is 12.8. The predicted octanol–water partition coefficient (Wildman–Crippen LogP) is 3.88. The molecule has 25 heavy (non-hydrogen) atoms. The maximum Gasteiger partial charge on any atom is 0.160 e. The summed E-state index contributed by atoms with van der Waals surface area (Å²) in [5.41, 5.74) is 0.413. The van der Waals surface area contributed by atoms with Gasteiger partial charge in [-0.1, -0.05) is 30.3 Å². The third-order valence-electron chi connectivity index (χ3n) is 3.61. The van der Waals surface area contributed by atoms with Gasteiger partial charge in [-0.15, -0.1) is 10.2 Å². The molecular formula is C17H13N2O5S-. The van der Waals surface area contributed by atoms with Crippen LogP contribution in [0.25, 0.3) is 10.8 Å². The van der Waals surface area contributed by atoms with Gasteiger partial charge in [-0.3, -0.25) is 0 Å². The summed E-state index contributed by atoms with van der Waals surface area (Å²) in [5.74, 6) is -0.893. The monoisotopic (exact) mass is 357 g/mol. The summed E-state index contributed by atoms with van der Waals surface area (Å²) < 4.78 is 33.7. The van der Waals surface area contributed by atoms with Crippen molar-refractivity contribution in [1.82, 2.24) is 0 Å². The largest absolute Gasteiger partial charge is 0.744 e. The Morgan fingerprint density at radius 2 is 1.72 bits per heavy atom. The van der Waals surface area contributed by atoms with Crippen molar-refractivity contribution in [2.75, 3.05) is 0 Å². The number of nitrogens with zero attached hydrogens (tertiary/aromatic N) is 2. The number of benzene rings is 3. The summed E-state index contributed by atoms with van der Waals surface area (Å²) in [7, 11) is -4.86. The van der Waals surface area contributed by atoms with Crippen molar-refractivity contribution in [2.24, 2.45) is 10.2 Å². The van der Waals surface area contributed by atoms with Crippen LogP contribution in [0.1, 0.15) is 5.56 Å². The fourth-order valence-electron chi connectivity index (χ4n) is 2.45. The lowest BCUT2D eigenvalue weighted by Gasteiger charge is -2.11. The molecule has 0 saturated carbocycles. The zero-order valence-corrected chi connectivity index (χ0v) is 13.9. The number of phenols is 2. The number of aryl methyl sites for hydroxylation is 1. The fraction of sp³-hybridized carbons (Fsp3) is 0.0588. The molecule has 0 heterocycles. The van der Waals surface area contributed by atoms with E-state index in [2.05, 4.69) is 10.2 Å². The highest BCUT2D eigenvalue weighted by molar-refractivity contribution is 7.85. The molecule has 3 aromatic carbocycles. The van der Waals surface area contributed by atoms with Crippen LogP contribution in [0.3, 0.4) is 0 Å². The second kappa shape index (κ2) is 6.15. The highest BCUT2D eigenvalue weighted by atomic mass is 32.2. The van der Waals surface area contributed by atoms with Crippen LogP contribution in [0.2, 0.25) is 0 Å². The smallest absolute Gasteiger partial charge is 0.160 e. The molecule has 0 radical (unpaired) electrons. The van der Waals surface area contributed by atoms with E-state index in [1.807, 2.05) is 12.1 Å². The van der Waals surface area contributed by atoms with Gasteiger partial charge in [0, 0.05) is 5.39 Å². The van der Waals surface area contributed by atoms with E-state index >= 15 is 0 Å². The van der Waals surface area contributed by atoms with Gasteiger partial charge in [-0.2, -0.15) is 0 Å². The first-order chi connectivity index (χ1) is 11.8. The highest BCUT2D eigenvalue weighted by Gasteiger charge is 2.14. The van der Waals surface area contributed by atoms with Gasteiger partial charge in [0.15, 0.2) is 5.75 Å². The van der Waals surface area contributed by atoms with Gasteiger partial charge in [0.2, 0.25) is 0 Å². The summed E-state index contributed by atoms with van der Waals surface area (Å²) >= 11 is 0. The Kier molecular flexibility index (Phi) is 4.15. The minimum Gasteiger partial charge on any atom is -0.744 e. The van der Waals surface area contributed by atoms with Crippen LogP contribution < -0.4 is 0 Å². The molecule has 0 fully saturated rings. The van der Waals surface area contributed by atoms with Crippen LogP contribution in [0.15, 0.2) is 63.7 Å². The average Bonchev–Trinajstić information content (AvgIpc) is 2.55. The van der Waals surface area contributed by atoms with E-state index in [1.54, 1.807) is 25.1 Å². The number of phenolic OH excluding ortho intramolecular Hbond substituents is 2. The summed E-state index contributed by atoms with van der Waals surface area (Å²) in [6.45, 7) is 1.56. The quantitative estimate of drug-likeness (QED) is 0.544. The summed E-state index contributed by atoms with van der Waals surface area (Å²) in [5, 5.41) is 29.3. The molecule has 8 heteroatoms. The molecule has 0 aliphatic rings. The average molecular weight is 357 g/mol. The first-order valence-electron chi connectivity index (χ1n) is 7.19. The van der Waals surface area contributed by atoms with Crippen LogP contribution >= 0.6 is 0 Å². The third-order valence-corrected chi connectivity index (χ3v) is 4.46. The number of rotatable bonds is 3. The van der Waals surface area contributed by atoms with Gasteiger partial charge >= 0.3 is 0 Å². The Balaban J connectivity index is 2.16. The first kappa shape index (κ1) is 16.9. The van der Waals surface area contributed by atoms with Crippen molar-refractivity contribution >= 4 is 32.3 Å². The molecule has 0 bridgehead atoms. The number of hydrogen-bond acceptors (Lipinski definition) is 7. The van der Waals surface area contributed by atoms with Gasteiger partial charge in [0.25, 0.3) is 0 Å². The topological polar surface area (TPSA) is 122 Å². The van der Waals surface area contributed by atoms with Crippen molar-refractivity contribution in [1.29, 1.82) is 0 Å². The molecule has 128 valence electrons. The molecule has 0 spiro atoms. The Bertz CT molecular complexity index is 1110. The highest BCUT2D eigenvalue weighted by Crippen LogP contribution is 2.39. The minimum atomic E-state index is -4.86. The zero-order valence-electron chi connectivity index (χ0n) is 13.0. The van der Waals surface area contributed by atoms with E-state index in [1.165, 1.54) is 12.1 Å². The molecule has 0 saturated heterocycles. The Labute approximate surface area is 143 Å². The first-order valence-corrected chi connectivity index (χ1v) is 8.60. The lowest BCUT2D eigenvalue weighted by Crippen LogP contribution is -1.99. The Morgan fingerprint density at radius 3 is 2.44 bits per heavy atom. The van der Waals surface area contributed by atoms with Gasteiger partial charge in [-0.05, 0) is 36.1 Å². The normalized spacial score (nSPS) is 12.1. The van der Waals surface area contributed by atoms with Gasteiger partial charge in [0.05, 0.1) is 4.90 Å². The van der Waals surface area contributed by atoms with Crippen LogP contribution in [-0.2, 0) is 10.1 Å². The molecule has 0 aromatic heterocycles. The third kappa shape index (κ3) is 3.30. The van der Waals surface area contributed by atoms with Gasteiger partial charge < -0.3 is 14.8 Å². The van der Waals surface area contributed by atoms with Crippen LogP contribution in [0, 0.1) is 6.92 Å². The summed E-state index contributed by atoms with van der Waals surface area (Å²) in [4.78, 5) is -0.761. The molecule has 7 nitrogen and oxygen atoms in total. The second-order valence-corrected chi connectivity index (χ2v) is 6.79. The van der Waals surface area contributed by atoms with Crippen molar-refractivity contribution in [2.45, 2.75) is 11.8 Å². The van der Waals surface area contributed by atoms with Crippen LogP contribution in [-0.4, -0.2) is 23.2 Å². The van der Waals surface area contributed by atoms with Crippen molar-refractivity contribution in [3.63, 3.8) is 0 Å². The van der Waals surface area contributed by atoms with Gasteiger partial charge in [0.1, 0.15) is 27.2 Å². The van der Waals surface area contributed by atoms with E-state index in [0.29, 0.717) is 10.9 Å². The minimum absolute atomic E-state index is 0.119. The molecule has 0 unspecified atom stereocenters. The Morgan fingerprint density at radius 1 is 1.00 bits per heavy atom. The lowest BCUT2D eigenvalue weighted by molar-refractivity contribution is 0.435. The summed E-state index contributed by atoms with van der Waals surface area (Å²) in [6.07, 6.45) is 0. The molecule has 3 rings (SSSR count). The standard InChI is InChI=1S/C17H14N2O5S/c1-10-8-13(17(21)15(9-10)25(22,23)24)18-19-16-12-5-3-2-4-11(12)6-7-14(16)20/h2-9,20-21H,1H3,(H,22,23,24)/p-1. The number of aromatic hydroxyl groups is 2. The molecule has 3 aromatic rings.